The first-order valence-electron chi connectivity index (χ1n) is 6.98. The fourth-order valence-corrected chi connectivity index (χ4v) is 2.82. The van der Waals surface area contributed by atoms with E-state index in [4.69, 9.17) is 0 Å². The van der Waals surface area contributed by atoms with Crippen molar-refractivity contribution in [3.05, 3.63) is 51.3 Å². The molecule has 0 fully saturated rings. The Bertz CT molecular complexity index is 649. The van der Waals surface area contributed by atoms with E-state index in [-0.39, 0.29) is 5.91 Å². The number of benzene rings is 1. The number of hydrogen-bond donors (Lipinski definition) is 1. The van der Waals surface area contributed by atoms with Gasteiger partial charge < -0.3 is 5.32 Å². The van der Waals surface area contributed by atoms with E-state index in [0.717, 1.165) is 27.8 Å². The standard InChI is InChI=1S/C16H20BrN3O/c1-11-14(12(2)20(3)19-11)10-16(21)18-9-8-13-6-4-5-7-15(13)17/h4-7H,8-10H2,1-3H3,(H,18,21). The minimum Gasteiger partial charge on any atom is -0.355 e. The maximum atomic E-state index is 12.0. The molecule has 1 aromatic heterocycles. The molecule has 1 amide bonds. The lowest BCUT2D eigenvalue weighted by Gasteiger charge is -2.07. The van der Waals surface area contributed by atoms with Crippen LogP contribution in [-0.4, -0.2) is 22.2 Å². The van der Waals surface area contributed by atoms with E-state index in [1.807, 2.05) is 43.8 Å². The van der Waals surface area contributed by atoms with E-state index >= 15 is 0 Å². The second kappa shape index (κ2) is 6.89. The van der Waals surface area contributed by atoms with Gasteiger partial charge in [-0.05, 0) is 31.9 Å². The van der Waals surface area contributed by atoms with Crippen molar-refractivity contribution >= 4 is 21.8 Å². The summed E-state index contributed by atoms with van der Waals surface area (Å²) in [6.45, 7) is 4.57. The largest absolute Gasteiger partial charge is 0.355 e. The van der Waals surface area contributed by atoms with Crippen LogP contribution in [0.4, 0.5) is 0 Å². The van der Waals surface area contributed by atoms with Crippen LogP contribution in [0, 0.1) is 13.8 Å². The molecule has 0 aliphatic rings. The molecule has 2 aromatic rings. The van der Waals surface area contributed by atoms with Crippen LogP contribution in [0.3, 0.4) is 0 Å². The van der Waals surface area contributed by atoms with Crippen LogP contribution in [0.1, 0.15) is 22.5 Å². The van der Waals surface area contributed by atoms with Crippen molar-refractivity contribution in [3.8, 4) is 0 Å². The van der Waals surface area contributed by atoms with Crippen molar-refractivity contribution in [3.63, 3.8) is 0 Å². The molecule has 112 valence electrons. The zero-order chi connectivity index (χ0) is 15.4. The number of amides is 1. The van der Waals surface area contributed by atoms with Crippen molar-refractivity contribution in [2.24, 2.45) is 7.05 Å². The van der Waals surface area contributed by atoms with Gasteiger partial charge in [0.05, 0.1) is 12.1 Å². The quantitative estimate of drug-likeness (QED) is 0.901. The van der Waals surface area contributed by atoms with Crippen LogP contribution >= 0.6 is 15.9 Å². The Hall–Kier alpha value is -1.62. The molecule has 0 aliphatic heterocycles. The number of nitrogens with one attached hydrogen (secondary N) is 1. The Kier molecular flexibility index (Phi) is 5.17. The van der Waals surface area contributed by atoms with Crippen LogP contribution in [0.15, 0.2) is 28.7 Å². The minimum atomic E-state index is 0.0428. The molecule has 5 heteroatoms. The van der Waals surface area contributed by atoms with Crippen molar-refractivity contribution in [2.75, 3.05) is 6.54 Å². The predicted molar refractivity (Wildman–Crippen MR) is 87.2 cm³/mol. The Morgan fingerprint density at radius 3 is 2.67 bits per heavy atom. The highest BCUT2D eigenvalue weighted by atomic mass is 79.9. The average molecular weight is 350 g/mol. The predicted octanol–water partition coefficient (Wildman–Crippen LogP) is 2.70. The molecule has 1 aromatic carbocycles. The normalized spacial score (nSPS) is 10.7. The number of aromatic nitrogens is 2. The van der Waals surface area contributed by atoms with Gasteiger partial charge in [0, 0.05) is 29.3 Å². The summed E-state index contributed by atoms with van der Waals surface area (Å²) >= 11 is 3.52. The van der Waals surface area contributed by atoms with Gasteiger partial charge >= 0.3 is 0 Å². The molecule has 1 N–H and O–H groups in total. The van der Waals surface area contributed by atoms with Gasteiger partial charge in [0.15, 0.2) is 0 Å². The maximum absolute atomic E-state index is 12.0. The van der Waals surface area contributed by atoms with Crippen LogP contribution in [-0.2, 0) is 24.7 Å². The first kappa shape index (κ1) is 15.8. The number of hydrogen-bond acceptors (Lipinski definition) is 2. The Morgan fingerprint density at radius 2 is 2.05 bits per heavy atom. The van der Waals surface area contributed by atoms with E-state index in [2.05, 4.69) is 32.4 Å². The summed E-state index contributed by atoms with van der Waals surface area (Å²) in [4.78, 5) is 12.0. The molecule has 1 heterocycles. The third kappa shape index (κ3) is 3.94. The van der Waals surface area contributed by atoms with Gasteiger partial charge in [-0.15, -0.1) is 0 Å². The average Bonchev–Trinajstić information content (AvgIpc) is 2.68. The highest BCUT2D eigenvalue weighted by molar-refractivity contribution is 9.10. The SMILES string of the molecule is Cc1nn(C)c(C)c1CC(=O)NCCc1ccccc1Br. The van der Waals surface area contributed by atoms with Crippen LogP contribution in [0.5, 0.6) is 0 Å². The highest BCUT2D eigenvalue weighted by Gasteiger charge is 2.13. The minimum absolute atomic E-state index is 0.0428. The molecule has 0 aliphatic carbocycles. The molecule has 0 saturated carbocycles. The van der Waals surface area contributed by atoms with Crippen molar-refractivity contribution < 1.29 is 4.79 Å². The van der Waals surface area contributed by atoms with E-state index in [9.17, 15) is 4.79 Å². The van der Waals surface area contributed by atoms with Gasteiger partial charge in [-0.3, -0.25) is 9.48 Å². The Morgan fingerprint density at radius 1 is 1.33 bits per heavy atom. The van der Waals surface area contributed by atoms with E-state index < -0.39 is 0 Å². The second-order valence-corrected chi connectivity index (χ2v) is 6.00. The van der Waals surface area contributed by atoms with Crippen molar-refractivity contribution in [2.45, 2.75) is 26.7 Å². The third-order valence-corrected chi connectivity index (χ3v) is 4.44. The lowest BCUT2D eigenvalue weighted by Crippen LogP contribution is -2.27. The van der Waals surface area contributed by atoms with Crippen molar-refractivity contribution in [1.29, 1.82) is 0 Å². The van der Waals surface area contributed by atoms with E-state index in [0.29, 0.717) is 13.0 Å². The Balaban J connectivity index is 1.87. The molecular formula is C16H20BrN3O. The number of carbonyl (C=O) groups is 1. The lowest BCUT2D eigenvalue weighted by molar-refractivity contribution is -0.120. The lowest BCUT2D eigenvalue weighted by atomic mass is 10.1. The second-order valence-electron chi connectivity index (χ2n) is 5.14. The fourth-order valence-electron chi connectivity index (χ4n) is 2.33. The molecule has 0 spiro atoms. The van der Waals surface area contributed by atoms with Crippen LogP contribution in [0.2, 0.25) is 0 Å². The van der Waals surface area contributed by atoms with E-state index in [1.165, 1.54) is 5.56 Å². The monoisotopic (exact) mass is 349 g/mol. The number of nitrogens with zero attached hydrogens (tertiary/aromatic N) is 2. The smallest absolute Gasteiger partial charge is 0.224 e. The first-order valence-corrected chi connectivity index (χ1v) is 7.77. The van der Waals surface area contributed by atoms with Gasteiger partial charge in [-0.2, -0.15) is 5.10 Å². The number of halogens is 1. The van der Waals surface area contributed by atoms with E-state index in [1.54, 1.807) is 0 Å². The summed E-state index contributed by atoms with van der Waals surface area (Å²) in [6.07, 6.45) is 1.21. The summed E-state index contributed by atoms with van der Waals surface area (Å²) in [6, 6.07) is 8.07. The zero-order valence-corrected chi connectivity index (χ0v) is 14.2. The summed E-state index contributed by atoms with van der Waals surface area (Å²) in [5.41, 5.74) is 4.20. The van der Waals surface area contributed by atoms with Crippen LogP contribution in [0.25, 0.3) is 0 Å². The molecule has 21 heavy (non-hydrogen) atoms. The summed E-state index contributed by atoms with van der Waals surface area (Å²) in [5, 5.41) is 7.31. The van der Waals surface area contributed by atoms with Crippen molar-refractivity contribution in [1.82, 2.24) is 15.1 Å². The fraction of sp³-hybridized carbons (Fsp3) is 0.375. The first-order chi connectivity index (χ1) is 9.99. The molecule has 2 rings (SSSR count). The van der Waals surface area contributed by atoms with Crippen LogP contribution < -0.4 is 5.32 Å². The topological polar surface area (TPSA) is 46.9 Å². The maximum Gasteiger partial charge on any atom is 0.224 e. The van der Waals surface area contributed by atoms with Gasteiger partial charge in [0.2, 0.25) is 5.91 Å². The summed E-state index contributed by atoms with van der Waals surface area (Å²) in [5.74, 6) is 0.0428. The molecule has 0 unspecified atom stereocenters. The molecule has 0 saturated heterocycles. The summed E-state index contributed by atoms with van der Waals surface area (Å²) in [7, 11) is 1.90. The summed E-state index contributed by atoms with van der Waals surface area (Å²) < 4.78 is 2.90. The molecule has 0 radical (unpaired) electrons. The molecule has 0 atom stereocenters. The third-order valence-electron chi connectivity index (χ3n) is 3.67. The van der Waals surface area contributed by atoms with Gasteiger partial charge in [0.25, 0.3) is 0 Å². The number of rotatable bonds is 5. The van der Waals surface area contributed by atoms with Gasteiger partial charge in [0.1, 0.15) is 0 Å². The molecule has 4 nitrogen and oxygen atoms in total. The number of carbonyl (C=O) groups excluding carboxylic acids is 1. The number of aryl methyl sites for hydroxylation is 2. The molecular weight excluding hydrogens is 330 g/mol. The van der Waals surface area contributed by atoms with Gasteiger partial charge in [-0.1, -0.05) is 34.1 Å². The highest BCUT2D eigenvalue weighted by Crippen LogP contribution is 2.16. The zero-order valence-electron chi connectivity index (χ0n) is 12.6. The Labute approximate surface area is 133 Å². The van der Waals surface area contributed by atoms with Gasteiger partial charge in [-0.25, -0.2) is 0 Å². The molecule has 0 bridgehead atoms.